The Bertz CT molecular complexity index is 268. The van der Waals surface area contributed by atoms with Gasteiger partial charge in [0.2, 0.25) is 5.91 Å². The first-order valence-corrected chi connectivity index (χ1v) is 9.29. The van der Waals surface area contributed by atoms with Crippen molar-refractivity contribution in [1.82, 2.24) is 10.2 Å². The third kappa shape index (κ3) is 8.45. The summed E-state index contributed by atoms with van der Waals surface area (Å²) in [6.45, 7) is 7.42. The maximum atomic E-state index is 12.3. The molecule has 1 saturated heterocycles. The van der Waals surface area contributed by atoms with Crippen LogP contribution in [0.3, 0.4) is 0 Å². The van der Waals surface area contributed by atoms with Crippen LogP contribution in [0.25, 0.3) is 0 Å². The van der Waals surface area contributed by atoms with Crippen LogP contribution in [0.1, 0.15) is 84.5 Å². The molecule has 1 fully saturated rings. The number of carbonyl (C=O) groups is 1. The molecule has 21 heavy (non-hydrogen) atoms. The maximum Gasteiger partial charge on any atom is 0.222 e. The standard InChI is InChI=1S/C18H36N2O/c1-3-5-6-7-8-9-10-13-18(21)20-15-11-12-17(16-20)19-14-4-2/h17,19H,3-16H2,1-2H3. The molecule has 1 aliphatic rings. The highest BCUT2D eigenvalue weighted by molar-refractivity contribution is 5.76. The fraction of sp³-hybridized carbons (Fsp3) is 0.944. The highest BCUT2D eigenvalue weighted by Crippen LogP contribution is 2.14. The molecule has 0 spiro atoms. The van der Waals surface area contributed by atoms with Crippen LogP contribution >= 0.6 is 0 Å². The zero-order chi connectivity index (χ0) is 15.3. The van der Waals surface area contributed by atoms with Crippen LogP contribution in [-0.2, 0) is 4.79 Å². The third-order valence-corrected chi connectivity index (χ3v) is 4.45. The van der Waals surface area contributed by atoms with Crippen LogP contribution in [0.15, 0.2) is 0 Å². The summed E-state index contributed by atoms with van der Waals surface area (Å²) < 4.78 is 0. The van der Waals surface area contributed by atoms with Gasteiger partial charge in [-0.1, -0.05) is 52.4 Å². The van der Waals surface area contributed by atoms with Gasteiger partial charge >= 0.3 is 0 Å². The van der Waals surface area contributed by atoms with E-state index in [9.17, 15) is 4.79 Å². The van der Waals surface area contributed by atoms with Crippen molar-refractivity contribution in [2.45, 2.75) is 90.5 Å². The summed E-state index contributed by atoms with van der Waals surface area (Å²) in [6, 6.07) is 0.525. The second kappa shape index (κ2) is 12.0. The van der Waals surface area contributed by atoms with E-state index in [1.54, 1.807) is 0 Å². The summed E-state index contributed by atoms with van der Waals surface area (Å²) in [4.78, 5) is 14.3. The molecule has 1 aliphatic heterocycles. The number of hydrogen-bond donors (Lipinski definition) is 1. The Morgan fingerprint density at radius 3 is 2.48 bits per heavy atom. The molecule has 0 bridgehead atoms. The highest BCUT2D eigenvalue weighted by atomic mass is 16.2. The zero-order valence-corrected chi connectivity index (χ0v) is 14.3. The van der Waals surface area contributed by atoms with Crippen molar-refractivity contribution in [2.75, 3.05) is 19.6 Å². The van der Waals surface area contributed by atoms with Gasteiger partial charge in [0.25, 0.3) is 0 Å². The SMILES string of the molecule is CCCCCCCCCC(=O)N1CCCC(NCCC)C1. The van der Waals surface area contributed by atoms with E-state index in [0.29, 0.717) is 11.9 Å². The van der Waals surface area contributed by atoms with Crippen molar-refractivity contribution in [2.24, 2.45) is 0 Å². The fourth-order valence-corrected chi connectivity index (χ4v) is 3.11. The quantitative estimate of drug-likeness (QED) is 0.582. The van der Waals surface area contributed by atoms with Gasteiger partial charge in [0, 0.05) is 25.6 Å². The van der Waals surface area contributed by atoms with Gasteiger partial charge in [-0.15, -0.1) is 0 Å². The molecular weight excluding hydrogens is 260 g/mol. The number of carbonyl (C=O) groups excluding carboxylic acids is 1. The molecule has 3 nitrogen and oxygen atoms in total. The first-order valence-electron chi connectivity index (χ1n) is 9.29. The van der Waals surface area contributed by atoms with E-state index >= 15 is 0 Å². The van der Waals surface area contributed by atoms with Crippen LogP contribution in [0.5, 0.6) is 0 Å². The van der Waals surface area contributed by atoms with Gasteiger partial charge in [-0.05, 0) is 32.2 Å². The Balaban J connectivity index is 2.08. The molecule has 1 rings (SSSR count). The molecule has 1 N–H and O–H groups in total. The Kier molecular flexibility index (Phi) is 10.6. The molecule has 1 amide bonds. The summed E-state index contributed by atoms with van der Waals surface area (Å²) >= 11 is 0. The first-order chi connectivity index (χ1) is 10.3. The van der Waals surface area contributed by atoms with Crippen molar-refractivity contribution < 1.29 is 4.79 Å². The van der Waals surface area contributed by atoms with Gasteiger partial charge in [-0.3, -0.25) is 4.79 Å². The highest BCUT2D eigenvalue weighted by Gasteiger charge is 2.22. The van der Waals surface area contributed by atoms with E-state index in [2.05, 4.69) is 24.1 Å². The summed E-state index contributed by atoms with van der Waals surface area (Å²) in [5, 5.41) is 3.56. The van der Waals surface area contributed by atoms with Crippen LogP contribution in [0, 0.1) is 0 Å². The molecule has 0 aromatic heterocycles. The predicted octanol–water partition coefficient (Wildman–Crippen LogP) is 4.12. The van der Waals surface area contributed by atoms with Crippen molar-refractivity contribution in [1.29, 1.82) is 0 Å². The Labute approximate surface area is 131 Å². The molecule has 1 atom stereocenters. The van der Waals surface area contributed by atoms with Crippen molar-refractivity contribution in [3.63, 3.8) is 0 Å². The molecule has 0 aromatic carbocycles. The smallest absolute Gasteiger partial charge is 0.222 e. The lowest BCUT2D eigenvalue weighted by atomic mass is 10.0. The molecular formula is C18H36N2O. The fourth-order valence-electron chi connectivity index (χ4n) is 3.11. The molecule has 0 aromatic rings. The lowest BCUT2D eigenvalue weighted by molar-refractivity contribution is -0.132. The monoisotopic (exact) mass is 296 g/mol. The lowest BCUT2D eigenvalue weighted by Gasteiger charge is -2.33. The summed E-state index contributed by atoms with van der Waals surface area (Å²) in [5.74, 6) is 0.381. The normalized spacial score (nSPS) is 19.0. The maximum absolute atomic E-state index is 12.3. The van der Waals surface area contributed by atoms with E-state index in [-0.39, 0.29) is 0 Å². The Hall–Kier alpha value is -0.570. The number of nitrogens with zero attached hydrogens (tertiary/aromatic N) is 1. The number of unbranched alkanes of at least 4 members (excludes halogenated alkanes) is 6. The van der Waals surface area contributed by atoms with E-state index in [0.717, 1.165) is 38.9 Å². The average molecular weight is 296 g/mol. The van der Waals surface area contributed by atoms with Gasteiger partial charge in [0.15, 0.2) is 0 Å². The number of nitrogens with one attached hydrogen (secondary N) is 1. The number of hydrogen-bond acceptors (Lipinski definition) is 2. The predicted molar refractivity (Wildman–Crippen MR) is 90.5 cm³/mol. The van der Waals surface area contributed by atoms with Crippen molar-refractivity contribution in [3.8, 4) is 0 Å². The zero-order valence-electron chi connectivity index (χ0n) is 14.3. The third-order valence-electron chi connectivity index (χ3n) is 4.45. The second-order valence-electron chi connectivity index (χ2n) is 6.50. The van der Waals surface area contributed by atoms with Crippen LogP contribution < -0.4 is 5.32 Å². The second-order valence-corrected chi connectivity index (χ2v) is 6.50. The Morgan fingerprint density at radius 1 is 1.05 bits per heavy atom. The van der Waals surface area contributed by atoms with Gasteiger partial charge < -0.3 is 10.2 Å². The summed E-state index contributed by atoms with van der Waals surface area (Å²) in [5.41, 5.74) is 0. The Morgan fingerprint density at radius 2 is 1.76 bits per heavy atom. The van der Waals surface area contributed by atoms with Gasteiger partial charge in [-0.25, -0.2) is 0 Å². The van der Waals surface area contributed by atoms with Crippen molar-refractivity contribution in [3.05, 3.63) is 0 Å². The molecule has 0 aliphatic carbocycles. The van der Waals surface area contributed by atoms with Crippen LogP contribution in [0.4, 0.5) is 0 Å². The first kappa shape index (κ1) is 18.5. The van der Waals surface area contributed by atoms with E-state index in [4.69, 9.17) is 0 Å². The van der Waals surface area contributed by atoms with Gasteiger partial charge in [0.1, 0.15) is 0 Å². The average Bonchev–Trinajstić information content (AvgIpc) is 2.52. The number of piperidine rings is 1. The molecule has 1 unspecified atom stereocenters. The molecule has 3 heteroatoms. The minimum atomic E-state index is 0.381. The van der Waals surface area contributed by atoms with Gasteiger partial charge in [0.05, 0.1) is 0 Å². The molecule has 0 saturated carbocycles. The molecule has 1 heterocycles. The lowest BCUT2D eigenvalue weighted by Crippen LogP contribution is -2.48. The van der Waals surface area contributed by atoms with Crippen LogP contribution in [-0.4, -0.2) is 36.5 Å². The van der Waals surface area contributed by atoms with Crippen LogP contribution in [0.2, 0.25) is 0 Å². The van der Waals surface area contributed by atoms with Crippen molar-refractivity contribution >= 4 is 5.91 Å². The number of likely N-dealkylation sites (tertiary alicyclic amines) is 1. The van der Waals surface area contributed by atoms with Gasteiger partial charge in [-0.2, -0.15) is 0 Å². The molecule has 124 valence electrons. The summed E-state index contributed by atoms with van der Waals surface area (Å²) in [6.07, 6.45) is 13.3. The minimum absolute atomic E-state index is 0.381. The number of rotatable bonds is 11. The molecule has 0 radical (unpaired) electrons. The minimum Gasteiger partial charge on any atom is -0.341 e. The topological polar surface area (TPSA) is 32.3 Å². The van der Waals surface area contributed by atoms with E-state index in [1.807, 2.05) is 0 Å². The largest absolute Gasteiger partial charge is 0.341 e. The van der Waals surface area contributed by atoms with E-state index < -0.39 is 0 Å². The number of amides is 1. The summed E-state index contributed by atoms with van der Waals surface area (Å²) in [7, 11) is 0. The van der Waals surface area contributed by atoms with E-state index in [1.165, 1.54) is 51.4 Å².